The van der Waals surface area contributed by atoms with Crippen LogP contribution in [0.1, 0.15) is 26.7 Å². The molecule has 1 fully saturated rings. The summed E-state index contributed by atoms with van der Waals surface area (Å²) in [4.78, 5) is 26.8. The molecule has 2 rings (SSSR count). The van der Waals surface area contributed by atoms with Gasteiger partial charge in [-0.25, -0.2) is 4.39 Å². The number of carbonyl (C=O) groups is 2. The lowest BCUT2D eigenvalue weighted by atomic mass is 9.98. The second kappa shape index (κ2) is 7.13. The minimum Gasteiger partial charge on any atom is -0.352 e. The van der Waals surface area contributed by atoms with Gasteiger partial charge in [0, 0.05) is 24.4 Å². The molecule has 0 radical (unpaired) electrons. The van der Waals surface area contributed by atoms with Gasteiger partial charge < -0.3 is 10.2 Å². The molecule has 1 saturated heterocycles. The van der Waals surface area contributed by atoms with Crippen LogP contribution < -0.4 is 5.32 Å². The molecule has 0 aliphatic carbocycles. The van der Waals surface area contributed by atoms with Crippen molar-refractivity contribution in [2.75, 3.05) is 18.8 Å². The molecule has 1 aliphatic heterocycles. The fourth-order valence-corrected chi connectivity index (χ4v) is 3.27. The first-order chi connectivity index (χ1) is 10.4. The van der Waals surface area contributed by atoms with Gasteiger partial charge in [-0.3, -0.25) is 9.59 Å². The number of rotatable bonds is 5. The molecule has 0 saturated carbocycles. The van der Waals surface area contributed by atoms with E-state index >= 15 is 0 Å². The Morgan fingerprint density at radius 3 is 2.73 bits per heavy atom. The monoisotopic (exact) mass is 324 g/mol. The fraction of sp³-hybridized carbons (Fsp3) is 0.500. The Morgan fingerprint density at radius 2 is 2.05 bits per heavy atom. The number of amides is 2. The lowest BCUT2D eigenvalue weighted by Crippen LogP contribution is -2.63. The lowest BCUT2D eigenvalue weighted by molar-refractivity contribution is -0.149. The Bertz CT molecular complexity index is 546. The van der Waals surface area contributed by atoms with Crippen LogP contribution in [0.5, 0.6) is 0 Å². The number of carbonyl (C=O) groups excluding carboxylic acids is 2. The van der Waals surface area contributed by atoms with E-state index in [0.717, 1.165) is 17.1 Å². The highest BCUT2D eigenvalue weighted by atomic mass is 32.2. The van der Waals surface area contributed by atoms with Gasteiger partial charge in [-0.05, 0) is 50.3 Å². The van der Waals surface area contributed by atoms with Gasteiger partial charge >= 0.3 is 0 Å². The quantitative estimate of drug-likeness (QED) is 0.668. The zero-order valence-electron chi connectivity index (χ0n) is 12.9. The molecule has 1 heterocycles. The van der Waals surface area contributed by atoms with Crippen LogP contribution in [0.25, 0.3) is 0 Å². The molecule has 0 spiro atoms. The van der Waals surface area contributed by atoms with Crippen molar-refractivity contribution in [1.29, 1.82) is 0 Å². The summed E-state index contributed by atoms with van der Waals surface area (Å²) in [7, 11) is 0. The highest BCUT2D eigenvalue weighted by Crippen LogP contribution is 2.22. The topological polar surface area (TPSA) is 49.4 Å². The van der Waals surface area contributed by atoms with Crippen molar-refractivity contribution in [3.8, 4) is 0 Å². The Balaban J connectivity index is 1.78. The number of benzene rings is 1. The van der Waals surface area contributed by atoms with Gasteiger partial charge in [0.2, 0.25) is 11.8 Å². The molecule has 22 heavy (non-hydrogen) atoms. The standard InChI is InChI=1S/C16H21FN2O2S/c1-16(2)15(21)18-9-10-19(16)14(20)4-3-11-22-13-7-5-12(17)6-8-13/h5-8H,3-4,9-11H2,1-2H3,(H,18,21). The Hall–Kier alpha value is -1.56. The van der Waals surface area contributed by atoms with Crippen molar-refractivity contribution in [1.82, 2.24) is 10.2 Å². The second-order valence-electron chi connectivity index (χ2n) is 5.77. The van der Waals surface area contributed by atoms with Crippen molar-refractivity contribution in [2.24, 2.45) is 0 Å². The molecule has 0 atom stereocenters. The lowest BCUT2D eigenvalue weighted by Gasteiger charge is -2.41. The van der Waals surface area contributed by atoms with E-state index in [1.807, 2.05) is 0 Å². The van der Waals surface area contributed by atoms with E-state index in [0.29, 0.717) is 19.5 Å². The zero-order chi connectivity index (χ0) is 16.2. The molecule has 6 heteroatoms. The van der Waals surface area contributed by atoms with Gasteiger partial charge in [0.05, 0.1) is 0 Å². The van der Waals surface area contributed by atoms with E-state index < -0.39 is 5.54 Å². The van der Waals surface area contributed by atoms with E-state index in [9.17, 15) is 14.0 Å². The Labute approximate surface area is 134 Å². The van der Waals surface area contributed by atoms with Crippen LogP contribution in [0.2, 0.25) is 0 Å². The summed E-state index contributed by atoms with van der Waals surface area (Å²) >= 11 is 1.60. The average Bonchev–Trinajstić information content (AvgIpc) is 2.48. The fourth-order valence-electron chi connectivity index (χ4n) is 2.42. The molecule has 1 N–H and O–H groups in total. The van der Waals surface area contributed by atoms with Gasteiger partial charge in [-0.15, -0.1) is 11.8 Å². The normalized spacial score (nSPS) is 17.2. The number of hydrogen-bond acceptors (Lipinski definition) is 3. The summed E-state index contributed by atoms with van der Waals surface area (Å²) in [6, 6.07) is 6.34. The molecule has 0 bridgehead atoms. The van der Waals surface area contributed by atoms with Crippen molar-refractivity contribution in [3.05, 3.63) is 30.1 Å². The molecular formula is C16H21FN2O2S. The van der Waals surface area contributed by atoms with Gasteiger partial charge in [-0.1, -0.05) is 0 Å². The Morgan fingerprint density at radius 1 is 1.36 bits per heavy atom. The van der Waals surface area contributed by atoms with Crippen LogP contribution in [-0.4, -0.2) is 41.1 Å². The predicted molar refractivity (Wildman–Crippen MR) is 85.2 cm³/mol. The van der Waals surface area contributed by atoms with Crippen LogP contribution >= 0.6 is 11.8 Å². The number of hydrogen-bond donors (Lipinski definition) is 1. The van der Waals surface area contributed by atoms with Crippen LogP contribution in [0.15, 0.2) is 29.2 Å². The van der Waals surface area contributed by atoms with Gasteiger partial charge in [0.1, 0.15) is 11.4 Å². The summed E-state index contributed by atoms with van der Waals surface area (Å²) in [5.74, 6) is 0.454. The first-order valence-corrected chi connectivity index (χ1v) is 8.37. The summed E-state index contributed by atoms with van der Waals surface area (Å²) in [5.41, 5.74) is -0.778. The maximum atomic E-state index is 12.8. The van der Waals surface area contributed by atoms with Crippen molar-refractivity contribution < 1.29 is 14.0 Å². The largest absolute Gasteiger partial charge is 0.352 e. The van der Waals surface area contributed by atoms with Crippen molar-refractivity contribution in [2.45, 2.75) is 37.1 Å². The smallest absolute Gasteiger partial charge is 0.245 e. The van der Waals surface area contributed by atoms with Crippen LogP contribution in [0.3, 0.4) is 0 Å². The first kappa shape index (κ1) is 16.8. The molecule has 1 aromatic carbocycles. The molecule has 0 unspecified atom stereocenters. The van der Waals surface area contributed by atoms with Gasteiger partial charge in [0.15, 0.2) is 0 Å². The van der Waals surface area contributed by atoms with Crippen LogP contribution in [-0.2, 0) is 9.59 Å². The SMILES string of the molecule is CC1(C)C(=O)NCCN1C(=O)CCCSc1ccc(F)cc1. The summed E-state index contributed by atoms with van der Waals surface area (Å²) in [6.07, 6.45) is 1.15. The number of nitrogens with one attached hydrogen (secondary N) is 1. The molecule has 120 valence electrons. The van der Waals surface area contributed by atoms with E-state index in [-0.39, 0.29) is 17.6 Å². The third kappa shape index (κ3) is 4.00. The number of halogens is 1. The summed E-state index contributed by atoms with van der Waals surface area (Å²) in [5, 5.41) is 2.78. The highest BCUT2D eigenvalue weighted by Gasteiger charge is 2.39. The average molecular weight is 324 g/mol. The molecular weight excluding hydrogens is 303 g/mol. The third-order valence-electron chi connectivity index (χ3n) is 3.77. The minimum absolute atomic E-state index is 0.0135. The van der Waals surface area contributed by atoms with Gasteiger partial charge in [-0.2, -0.15) is 0 Å². The number of nitrogens with zero attached hydrogens (tertiary/aromatic N) is 1. The van der Waals surface area contributed by atoms with Crippen molar-refractivity contribution in [3.63, 3.8) is 0 Å². The van der Waals surface area contributed by atoms with Crippen LogP contribution in [0.4, 0.5) is 4.39 Å². The molecule has 1 aliphatic rings. The second-order valence-corrected chi connectivity index (χ2v) is 6.93. The predicted octanol–water partition coefficient (Wildman–Crippen LogP) is 2.44. The zero-order valence-corrected chi connectivity index (χ0v) is 13.7. The molecule has 1 aromatic rings. The maximum absolute atomic E-state index is 12.8. The molecule has 2 amide bonds. The van der Waals surface area contributed by atoms with E-state index in [1.165, 1.54) is 12.1 Å². The molecule has 0 aromatic heterocycles. The molecule has 4 nitrogen and oxygen atoms in total. The maximum Gasteiger partial charge on any atom is 0.245 e. The van der Waals surface area contributed by atoms with Crippen molar-refractivity contribution >= 4 is 23.6 Å². The Kier molecular flexibility index (Phi) is 5.45. The minimum atomic E-state index is -0.778. The number of thioether (sulfide) groups is 1. The summed E-state index contributed by atoms with van der Waals surface area (Å²) < 4.78 is 12.8. The summed E-state index contributed by atoms with van der Waals surface area (Å²) in [6.45, 7) is 4.61. The third-order valence-corrected chi connectivity index (χ3v) is 4.87. The van der Waals surface area contributed by atoms with E-state index in [2.05, 4.69) is 5.32 Å². The van der Waals surface area contributed by atoms with E-state index in [1.54, 1.807) is 42.6 Å². The van der Waals surface area contributed by atoms with Crippen LogP contribution in [0, 0.1) is 5.82 Å². The van der Waals surface area contributed by atoms with E-state index in [4.69, 9.17) is 0 Å². The highest BCUT2D eigenvalue weighted by molar-refractivity contribution is 7.99. The van der Waals surface area contributed by atoms with Gasteiger partial charge in [0.25, 0.3) is 0 Å². The number of piperazine rings is 1. The first-order valence-electron chi connectivity index (χ1n) is 7.38.